The summed E-state index contributed by atoms with van der Waals surface area (Å²) in [7, 11) is 0. The van der Waals surface area contributed by atoms with Crippen LogP contribution in [0.2, 0.25) is 0 Å². The molecule has 2 aromatic rings. The highest BCUT2D eigenvalue weighted by atomic mass is 16.5. The minimum absolute atomic E-state index is 0.188. The Morgan fingerprint density at radius 2 is 1.71 bits per heavy atom. The van der Waals surface area contributed by atoms with Gasteiger partial charge in [-0.15, -0.1) is 0 Å². The monoisotopic (exact) mass is 468 g/mol. The number of hydrogen-bond donors (Lipinski definition) is 3. The third kappa shape index (κ3) is 6.90. The molecule has 6 nitrogen and oxygen atoms in total. The van der Waals surface area contributed by atoms with E-state index < -0.39 is 36.2 Å². The van der Waals surface area contributed by atoms with Crippen molar-refractivity contribution in [2.24, 2.45) is 11.8 Å². The van der Waals surface area contributed by atoms with Crippen LogP contribution in [-0.4, -0.2) is 45.6 Å². The molecule has 1 aliphatic carbocycles. The maximum absolute atomic E-state index is 13.2. The van der Waals surface area contributed by atoms with Gasteiger partial charge in [-0.3, -0.25) is 4.79 Å². The smallest absolute Gasteiger partial charge is 0.339 e. The van der Waals surface area contributed by atoms with E-state index >= 15 is 0 Å². The summed E-state index contributed by atoms with van der Waals surface area (Å²) in [6, 6.07) is 16.8. The van der Waals surface area contributed by atoms with E-state index in [2.05, 4.69) is 6.92 Å². The maximum atomic E-state index is 13.2. The molecule has 1 unspecified atom stereocenters. The molecule has 34 heavy (non-hydrogen) atoms. The summed E-state index contributed by atoms with van der Waals surface area (Å²) in [6.45, 7) is 2.11. The van der Waals surface area contributed by atoms with Gasteiger partial charge in [0.05, 0.1) is 24.2 Å². The van der Waals surface area contributed by atoms with E-state index in [1.165, 1.54) is 0 Å². The van der Waals surface area contributed by atoms with Gasteiger partial charge in [0.15, 0.2) is 0 Å². The number of aliphatic carboxylic acids is 1. The van der Waals surface area contributed by atoms with E-state index in [1.54, 1.807) is 12.1 Å². The number of carboxylic acids is 1. The lowest BCUT2D eigenvalue weighted by Gasteiger charge is -2.26. The van der Waals surface area contributed by atoms with Crippen LogP contribution in [0.25, 0.3) is 11.1 Å². The maximum Gasteiger partial charge on any atom is 0.339 e. The molecule has 0 amide bonds. The number of hydrogen-bond acceptors (Lipinski definition) is 5. The molecule has 1 fully saturated rings. The first-order chi connectivity index (χ1) is 16.4. The van der Waals surface area contributed by atoms with Gasteiger partial charge in [-0.2, -0.15) is 0 Å². The average molecular weight is 469 g/mol. The Bertz CT molecular complexity index is 928. The summed E-state index contributed by atoms with van der Waals surface area (Å²) in [5, 5.41) is 30.4. The molecule has 184 valence electrons. The van der Waals surface area contributed by atoms with Crippen LogP contribution in [0, 0.1) is 11.8 Å². The summed E-state index contributed by atoms with van der Waals surface area (Å²) in [4.78, 5) is 24.7. The van der Waals surface area contributed by atoms with Crippen molar-refractivity contribution in [3.05, 3.63) is 60.2 Å². The van der Waals surface area contributed by atoms with Crippen LogP contribution in [-0.2, 0) is 9.53 Å². The number of aliphatic hydroxyl groups is 2. The third-order valence-corrected chi connectivity index (χ3v) is 6.87. The Morgan fingerprint density at radius 1 is 1.00 bits per heavy atom. The molecule has 0 saturated heterocycles. The number of carbonyl (C=O) groups excluding carboxylic acids is 1. The minimum atomic E-state index is -0.987. The number of benzene rings is 2. The molecule has 0 bridgehead atoms. The normalized spacial score (nSPS) is 22.9. The highest BCUT2D eigenvalue weighted by Gasteiger charge is 2.45. The summed E-state index contributed by atoms with van der Waals surface area (Å²) >= 11 is 0. The standard InChI is InChI=1S/C28H36O6/c1-2-3-5-12-20(29)15-16-22-24(17-27(31)32)25(30)18-26(22)34-28(33)23-14-9-8-13-21(23)19-10-6-4-7-11-19/h4,6-11,13-14,20,22,24-26,29-30H,2-3,5,12,15-18H2,1H3,(H,31,32)/t20?,22-,24-,25+,26-/m1/s1. The highest BCUT2D eigenvalue weighted by molar-refractivity contribution is 5.97. The van der Waals surface area contributed by atoms with Crippen LogP contribution in [0.4, 0.5) is 0 Å². The van der Waals surface area contributed by atoms with E-state index in [4.69, 9.17) is 4.74 Å². The Morgan fingerprint density at radius 3 is 2.41 bits per heavy atom. The molecule has 0 aliphatic heterocycles. The molecular formula is C28H36O6. The van der Waals surface area contributed by atoms with Crippen molar-refractivity contribution in [3.63, 3.8) is 0 Å². The SMILES string of the molecule is CCCCCC(O)CC[C@@H]1[C@@H](CC(=O)O)[C@@H](O)C[C@H]1OC(=O)c1ccccc1-c1ccccc1. The highest BCUT2D eigenvalue weighted by Crippen LogP contribution is 2.40. The molecule has 6 heteroatoms. The van der Waals surface area contributed by atoms with Gasteiger partial charge in [-0.1, -0.05) is 74.7 Å². The van der Waals surface area contributed by atoms with Crippen molar-refractivity contribution in [2.75, 3.05) is 0 Å². The van der Waals surface area contributed by atoms with Crippen molar-refractivity contribution in [1.82, 2.24) is 0 Å². The van der Waals surface area contributed by atoms with Crippen LogP contribution < -0.4 is 0 Å². The van der Waals surface area contributed by atoms with Crippen LogP contribution in [0.3, 0.4) is 0 Å². The molecule has 1 aliphatic rings. The van der Waals surface area contributed by atoms with Gasteiger partial charge in [0.2, 0.25) is 0 Å². The van der Waals surface area contributed by atoms with Crippen LogP contribution in [0.5, 0.6) is 0 Å². The second-order valence-electron chi connectivity index (χ2n) is 9.31. The lowest BCUT2D eigenvalue weighted by atomic mass is 9.85. The molecule has 0 spiro atoms. The van der Waals surface area contributed by atoms with E-state index in [-0.39, 0.29) is 18.8 Å². The molecule has 2 aromatic carbocycles. The van der Waals surface area contributed by atoms with E-state index in [0.29, 0.717) is 24.8 Å². The molecule has 0 aromatic heterocycles. The number of unbranched alkanes of at least 4 members (excludes halogenated alkanes) is 2. The Labute approximate surface area is 201 Å². The second-order valence-corrected chi connectivity index (χ2v) is 9.31. The Kier molecular flexibility index (Phi) is 9.66. The van der Waals surface area contributed by atoms with Gasteiger partial charge in [-0.25, -0.2) is 4.79 Å². The van der Waals surface area contributed by atoms with Crippen molar-refractivity contribution in [3.8, 4) is 11.1 Å². The van der Waals surface area contributed by atoms with Crippen LogP contribution in [0.15, 0.2) is 54.6 Å². The predicted molar refractivity (Wildman–Crippen MR) is 130 cm³/mol. The van der Waals surface area contributed by atoms with Gasteiger partial charge < -0.3 is 20.1 Å². The fourth-order valence-corrected chi connectivity index (χ4v) is 5.06. The number of esters is 1. The van der Waals surface area contributed by atoms with Crippen LogP contribution in [0.1, 0.15) is 68.6 Å². The zero-order chi connectivity index (χ0) is 24.5. The lowest BCUT2D eigenvalue weighted by molar-refractivity contribution is -0.139. The number of carbonyl (C=O) groups is 2. The first kappa shape index (κ1) is 25.9. The predicted octanol–water partition coefficient (Wildman–Crippen LogP) is 5.07. The van der Waals surface area contributed by atoms with Crippen LogP contribution >= 0.6 is 0 Å². The summed E-state index contributed by atoms with van der Waals surface area (Å²) in [5.74, 6) is -2.30. The average Bonchev–Trinajstić information content (AvgIpc) is 3.11. The van der Waals surface area contributed by atoms with Gasteiger partial charge in [0.25, 0.3) is 0 Å². The van der Waals surface area contributed by atoms with Crippen molar-refractivity contribution >= 4 is 11.9 Å². The lowest BCUT2D eigenvalue weighted by Crippen LogP contribution is -2.28. The molecule has 0 heterocycles. The van der Waals surface area contributed by atoms with E-state index in [9.17, 15) is 24.9 Å². The number of ether oxygens (including phenoxy) is 1. The molecule has 3 N–H and O–H groups in total. The number of aliphatic hydroxyl groups excluding tert-OH is 2. The van der Waals surface area contributed by atoms with E-state index in [0.717, 1.165) is 30.4 Å². The summed E-state index contributed by atoms with van der Waals surface area (Å²) < 4.78 is 5.91. The largest absolute Gasteiger partial charge is 0.481 e. The van der Waals surface area contributed by atoms with Gasteiger partial charge in [0.1, 0.15) is 6.10 Å². The third-order valence-electron chi connectivity index (χ3n) is 6.87. The Hall–Kier alpha value is -2.70. The molecule has 0 radical (unpaired) electrons. The fraction of sp³-hybridized carbons (Fsp3) is 0.500. The Balaban J connectivity index is 1.75. The summed E-state index contributed by atoms with van der Waals surface area (Å²) in [6.07, 6.45) is 2.84. The topological polar surface area (TPSA) is 104 Å². The first-order valence-electron chi connectivity index (χ1n) is 12.3. The van der Waals surface area contributed by atoms with E-state index in [1.807, 2.05) is 42.5 Å². The second kappa shape index (κ2) is 12.7. The van der Waals surface area contributed by atoms with Gasteiger partial charge >= 0.3 is 11.9 Å². The summed E-state index contributed by atoms with van der Waals surface area (Å²) in [5.41, 5.74) is 2.09. The number of rotatable bonds is 12. The number of carboxylic acid groups (broad SMARTS) is 1. The molecule has 1 saturated carbocycles. The molecular weight excluding hydrogens is 432 g/mol. The van der Waals surface area contributed by atoms with Crippen molar-refractivity contribution in [2.45, 2.75) is 76.6 Å². The van der Waals surface area contributed by atoms with Gasteiger partial charge in [-0.05, 0) is 36.5 Å². The quantitative estimate of drug-likeness (QED) is 0.297. The zero-order valence-electron chi connectivity index (χ0n) is 19.8. The van der Waals surface area contributed by atoms with Crippen molar-refractivity contribution in [1.29, 1.82) is 0 Å². The first-order valence-corrected chi connectivity index (χ1v) is 12.3. The minimum Gasteiger partial charge on any atom is -0.481 e. The van der Waals surface area contributed by atoms with Crippen molar-refractivity contribution < 1.29 is 29.6 Å². The fourth-order valence-electron chi connectivity index (χ4n) is 5.06. The molecule has 5 atom stereocenters. The molecule has 3 rings (SSSR count). The van der Waals surface area contributed by atoms with Gasteiger partial charge in [0, 0.05) is 18.3 Å². The zero-order valence-corrected chi connectivity index (χ0v) is 19.8.